The summed E-state index contributed by atoms with van der Waals surface area (Å²) in [5.41, 5.74) is 3.96. The number of aromatic nitrogens is 2. The molecule has 8 heteroatoms. The van der Waals surface area contributed by atoms with Gasteiger partial charge in [-0.25, -0.2) is 9.48 Å². The molecule has 0 saturated heterocycles. The zero-order valence-electron chi connectivity index (χ0n) is 14.7. The van der Waals surface area contributed by atoms with Gasteiger partial charge < -0.3 is 15.5 Å². The van der Waals surface area contributed by atoms with Gasteiger partial charge in [-0.05, 0) is 36.5 Å². The standard InChI is InChI=1S/C19H20N4O4/c24-16-7-11(10-1-2-10)3-4-13(16)23-14-5-6-22(19(26)27)15-9-20-17(25)8-12(21-23)18(14)15/h3-4,7,10,15,24H,1-2,5-6,8-9H2,(H,20,25)(H,26,27). The average Bonchev–Trinajstić information content (AvgIpc) is 3.44. The summed E-state index contributed by atoms with van der Waals surface area (Å²) in [6.45, 7) is 0.568. The van der Waals surface area contributed by atoms with Crippen LogP contribution in [0.2, 0.25) is 0 Å². The molecule has 1 saturated carbocycles. The molecule has 5 rings (SSSR count). The molecule has 1 aromatic carbocycles. The number of benzene rings is 1. The van der Waals surface area contributed by atoms with Crippen molar-refractivity contribution in [2.75, 3.05) is 13.1 Å². The number of carbonyl (C=O) groups excluding carboxylic acids is 1. The van der Waals surface area contributed by atoms with Gasteiger partial charge in [-0.2, -0.15) is 5.10 Å². The van der Waals surface area contributed by atoms with Gasteiger partial charge in [-0.15, -0.1) is 0 Å². The van der Waals surface area contributed by atoms with Crippen molar-refractivity contribution in [3.05, 3.63) is 40.7 Å². The summed E-state index contributed by atoms with van der Waals surface area (Å²) in [5.74, 6) is 0.528. The maximum atomic E-state index is 12.1. The van der Waals surface area contributed by atoms with E-state index in [1.54, 1.807) is 10.7 Å². The largest absolute Gasteiger partial charge is 0.506 e. The highest BCUT2D eigenvalue weighted by Crippen LogP contribution is 2.42. The van der Waals surface area contributed by atoms with Crippen molar-refractivity contribution in [3.8, 4) is 11.4 Å². The first-order valence-corrected chi connectivity index (χ1v) is 9.23. The highest BCUT2D eigenvalue weighted by molar-refractivity contribution is 5.80. The van der Waals surface area contributed by atoms with E-state index in [9.17, 15) is 19.8 Å². The number of hydrogen-bond donors (Lipinski definition) is 3. The molecule has 0 radical (unpaired) electrons. The topological polar surface area (TPSA) is 108 Å². The maximum absolute atomic E-state index is 12.1. The molecule has 1 aliphatic carbocycles. The Hall–Kier alpha value is -3.03. The lowest BCUT2D eigenvalue weighted by molar-refractivity contribution is -0.120. The number of aromatic hydroxyl groups is 1. The number of phenols is 1. The first-order valence-electron chi connectivity index (χ1n) is 9.23. The Bertz CT molecular complexity index is 963. The van der Waals surface area contributed by atoms with Crippen LogP contribution in [0.15, 0.2) is 18.2 Å². The first kappa shape index (κ1) is 16.2. The number of carboxylic acid groups (broad SMARTS) is 1. The molecule has 1 fully saturated rings. The van der Waals surface area contributed by atoms with Crippen molar-refractivity contribution in [3.63, 3.8) is 0 Å². The molecule has 3 N–H and O–H groups in total. The van der Waals surface area contributed by atoms with Crippen molar-refractivity contribution in [1.82, 2.24) is 20.0 Å². The van der Waals surface area contributed by atoms with Crippen molar-refractivity contribution in [1.29, 1.82) is 0 Å². The molecule has 27 heavy (non-hydrogen) atoms. The van der Waals surface area contributed by atoms with Gasteiger partial charge in [0.05, 0.1) is 23.9 Å². The number of carbonyl (C=O) groups is 2. The molecule has 2 amide bonds. The number of nitrogens with one attached hydrogen (secondary N) is 1. The Balaban J connectivity index is 1.63. The molecule has 1 atom stereocenters. The summed E-state index contributed by atoms with van der Waals surface area (Å²) in [6.07, 6.45) is 1.91. The fourth-order valence-corrected chi connectivity index (χ4v) is 4.27. The van der Waals surface area contributed by atoms with Gasteiger partial charge in [-0.3, -0.25) is 9.69 Å². The Kier molecular flexibility index (Phi) is 3.43. The molecule has 0 bridgehead atoms. The maximum Gasteiger partial charge on any atom is 0.407 e. The minimum absolute atomic E-state index is 0.111. The zero-order chi connectivity index (χ0) is 18.7. The smallest absolute Gasteiger partial charge is 0.407 e. The van der Waals surface area contributed by atoms with Crippen LogP contribution in [-0.2, 0) is 17.6 Å². The lowest BCUT2D eigenvalue weighted by Gasteiger charge is -2.33. The molecule has 140 valence electrons. The summed E-state index contributed by atoms with van der Waals surface area (Å²) in [6, 6.07) is 5.23. The molecule has 1 unspecified atom stereocenters. The van der Waals surface area contributed by atoms with E-state index in [1.165, 1.54) is 4.90 Å². The second kappa shape index (κ2) is 5.73. The van der Waals surface area contributed by atoms with Crippen molar-refractivity contribution in [2.24, 2.45) is 0 Å². The second-order valence-corrected chi connectivity index (χ2v) is 7.46. The normalized spacial score (nSPS) is 21.4. The molecule has 1 aromatic heterocycles. The monoisotopic (exact) mass is 368 g/mol. The third-order valence-electron chi connectivity index (χ3n) is 5.74. The lowest BCUT2D eigenvalue weighted by atomic mass is 9.96. The van der Waals surface area contributed by atoms with E-state index < -0.39 is 12.1 Å². The van der Waals surface area contributed by atoms with Crippen molar-refractivity contribution >= 4 is 12.0 Å². The van der Waals surface area contributed by atoms with Crippen LogP contribution in [0.1, 0.15) is 47.3 Å². The predicted molar refractivity (Wildman–Crippen MR) is 95.1 cm³/mol. The van der Waals surface area contributed by atoms with E-state index in [-0.39, 0.29) is 24.6 Å². The zero-order valence-corrected chi connectivity index (χ0v) is 14.7. The van der Waals surface area contributed by atoms with Gasteiger partial charge in [0.1, 0.15) is 11.4 Å². The minimum Gasteiger partial charge on any atom is -0.506 e. The van der Waals surface area contributed by atoms with E-state index in [2.05, 4.69) is 10.4 Å². The molecule has 0 spiro atoms. The van der Waals surface area contributed by atoms with Crippen LogP contribution < -0.4 is 5.32 Å². The Morgan fingerprint density at radius 3 is 2.81 bits per heavy atom. The fourth-order valence-electron chi connectivity index (χ4n) is 4.27. The summed E-state index contributed by atoms with van der Waals surface area (Å²) >= 11 is 0. The highest BCUT2D eigenvalue weighted by atomic mass is 16.4. The van der Waals surface area contributed by atoms with Crippen LogP contribution in [0.3, 0.4) is 0 Å². The third kappa shape index (κ3) is 2.55. The van der Waals surface area contributed by atoms with E-state index in [0.29, 0.717) is 30.3 Å². The molecule has 2 aliphatic heterocycles. The molecular weight excluding hydrogens is 348 g/mol. The molecule has 8 nitrogen and oxygen atoms in total. The van der Waals surface area contributed by atoms with Crippen LogP contribution in [0, 0.1) is 0 Å². The third-order valence-corrected chi connectivity index (χ3v) is 5.74. The van der Waals surface area contributed by atoms with Crippen molar-refractivity contribution < 1.29 is 19.8 Å². The van der Waals surface area contributed by atoms with Crippen LogP contribution >= 0.6 is 0 Å². The second-order valence-electron chi connectivity index (χ2n) is 7.46. The number of nitrogens with zero attached hydrogens (tertiary/aromatic N) is 3. The van der Waals surface area contributed by atoms with E-state index >= 15 is 0 Å². The van der Waals surface area contributed by atoms with E-state index in [0.717, 1.165) is 29.7 Å². The summed E-state index contributed by atoms with van der Waals surface area (Å²) in [4.78, 5) is 25.1. The van der Waals surface area contributed by atoms with Gasteiger partial charge in [-0.1, -0.05) is 6.07 Å². The number of phenolic OH excluding ortho intramolecular Hbond substituents is 1. The fraction of sp³-hybridized carbons (Fsp3) is 0.421. The van der Waals surface area contributed by atoms with Gasteiger partial charge >= 0.3 is 6.09 Å². The summed E-state index contributed by atoms with van der Waals surface area (Å²) < 4.78 is 1.70. The van der Waals surface area contributed by atoms with Crippen LogP contribution in [-0.4, -0.2) is 50.0 Å². The number of amides is 2. The number of hydrogen-bond acceptors (Lipinski definition) is 4. The molecule has 3 heterocycles. The van der Waals surface area contributed by atoms with Crippen LogP contribution in [0.4, 0.5) is 4.79 Å². The number of rotatable bonds is 2. The van der Waals surface area contributed by atoms with Gasteiger partial charge in [0.15, 0.2) is 0 Å². The lowest BCUT2D eigenvalue weighted by Crippen LogP contribution is -2.43. The first-order chi connectivity index (χ1) is 13.0. The van der Waals surface area contributed by atoms with Crippen molar-refractivity contribution in [2.45, 2.75) is 37.6 Å². The van der Waals surface area contributed by atoms with E-state index in [4.69, 9.17) is 0 Å². The molecule has 3 aliphatic rings. The van der Waals surface area contributed by atoms with E-state index in [1.807, 2.05) is 12.1 Å². The van der Waals surface area contributed by atoms with Crippen LogP contribution in [0.5, 0.6) is 5.75 Å². The van der Waals surface area contributed by atoms with Crippen LogP contribution in [0.25, 0.3) is 5.69 Å². The van der Waals surface area contributed by atoms with Gasteiger partial charge in [0.2, 0.25) is 5.91 Å². The molecule has 2 aromatic rings. The molecular formula is C19H20N4O4. The Morgan fingerprint density at radius 1 is 1.30 bits per heavy atom. The predicted octanol–water partition coefficient (Wildman–Crippen LogP) is 1.70. The average molecular weight is 368 g/mol. The Morgan fingerprint density at radius 2 is 2.11 bits per heavy atom. The highest BCUT2D eigenvalue weighted by Gasteiger charge is 2.39. The Labute approximate surface area is 155 Å². The SMILES string of the molecule is O=C1Cc2nn(-c3ccc(C4CC4)cc3O)c3c2C(CN1)N(C(=O)O)CC3. The van der Waals surface area contributed by atoms with Gasteiger partial charge in [0, 0.05) is 25.1 Å². The summed E-state index contributed by atoms with van der Waals surface area (Å²) in [7, 11) is 0. The summed E-state index contributed by atoms with van der Waals surface area (Å²) in [5, 5.41) is 27.5. The minimum atomic E-state index is -1.00. The quantitative estimate of drug-likeness (QED) is 0.748. The van der Waals surface area contributed by atoms with Gasteiger partial charge in [0.25, 0.3) is 0 Å².